The maximum atomic E-state index is 12.3. The molecule has 1 rings (SSSR count). The van der Waals surface area contributed by atoms with Gasteiger partial charge in [-0.2, -0.15) is 0 Å². The number of halogens is 2. The van der Waals surface area contributed by atoms with Gasteiger partial charge in [0.2, 0.25) is 0 Å². The van der Waals surface area contributed by atoms with E-state index in [0.717, 1.165) is 0 Å². The van der Waals surface area contributed by atoms with Gasteiger partial charge in [0.1, 0.15) is 11.4 Å². The molecule has 0 saturated carbocycles. The van der Waals surface area contributed by atoms with Crippen molar-refractivity contribution in [2.45, 2.75) is 20.3 Å². The molecule has 0 aliphatic heterocycles. The molecule has 0 amide bonds. The summed E-state index contributed by atoms with van der Waals surface area (Å²) in [6.45, 7) is 3.36. The van der Waals surface area contributed by atoms with E-state index in [2.05, 4.69) is 4.98 Å². The third-order valence-corrected chi connectivity index (χ3v) is 2.06. The van der Waals surface area contributed by atoms with Crippen LogP contribution in [0.4, 0.5) is 8.78 Å². The molecule has 0 fully saturated rings. The Hall–Kier alpha value is -1.19. The van der Waals surface area contributed by atoms with Gasteiger partial charge in [-0.05, 0) is 25.0 Å². The smallest absolute Gasteiger partial charge is 0.280 e. The summed E-state index contributed by atoms with van der Waals surface area (Å²) >= 11 is 0. The van der Waals surface area contributed by atoms with E-state index >= 15 is 0 Å². The molecule has 0 aromatic carbocycles. The second-order valence-corrected chi connectivity index (χ2v) is 2.76. The lowest BCUT2D eigenvalue weighted by Crippen LogP contribution is -1.99. The van der Waals surface area contributed by atoms with Crippen molar-refractivity contribution in [1.29, 1.82) is 0 Å². The maximum absolute atomic E-state index is 12.3. The zero-order valence-corrected chi connectivity index (χ0v) is 7.77. The van der Waals surface area contributed by atoms with Gasteiger partial charge < -0.3 is 4.74 Å². The van der Waals surface area contributed by atoms with Crippen LogP contribution in [0.1, 0.15) is 23.2 Å². The van der Waals surface area contributed by atoms with Gasteiger partial charge in [0.25, 0.3) is 6.43 Å². The van der Waals surface area contributed by atoms with Gasteiger partial charge in [0.05, 0.1) is 13.3 Å². The van der Waals surface area contributed by atoms with E-state index in [4.69, 9.17) is 4.74 Å². The van der Waals surface area contributed by atoms with Crippen molar-refractivity contribution in [1.82, 2.24) is 4.98 Å². The summed E-state index contributed by atoms with van der Waals surface area (Å²) in [6.07, 6.45) is -1.20. The predicted molar refractivity (Wildman–Crippen MR) is 45.2 cm³/mol. The molecule has 0 bridgehead atoms. The second-order valence-electron chi connectivity index (χ2n) is 2.76. The Kier molecular flexibility index (Phi) is 2.80. The molecule has 2 nitrogen and oxygen atoms in total. The zero-order valence-electron chi connectivity index (χ0n) is 7.77. The van der Waals surface area contributed by atoms with Gasteiger partial charge in [0, 0.05) is 0 Å². The molecule has 1 aromatic heterocycles. The Morgan fingerprint density at radius 3 is 2.38 bits per heavy atom. The number of hydrogen-bond donors (Lipinski definition) is 0. The van der Waals surface area contributed by atoms with E-state index in [1.807, 2.05) is 0 Å². The fourth-order valence-electron chi connectivity index (χ4n) is 1.12. The van der Waals surface area contributed by atoms with Gasteiger partial charge >= 0.3 is 0 Å². The quantitative estimate of drug-likeness (QED) is 0.710. The van der Waals surface area contributed by atoms with Gasteiger partial charge in [0.15, 0.2) is 0 Å². The number of hydrogen-bond acceptors (Lipinski definition) is 2. The van der Waals surface area contributed by atoms with E-state index in [1.54, 1.807) is 13.8 Å². The molecule has 0 saturated heterocycles. The Morgan fingerprint density at radius 2 is 1.92 bits per heavy atom. The van der Waals surface area contributed by atoms with E-state index in [1.165, 1.54) is 13.3 Å². The van der Waals surface area contributed by atoms with Crippen LogP contribution in [0, 0.1) is 13.8 Å². The predicted octanol–water partition coefficient (Wildman–Crippen LogP) is 2.64. The van der Waals surface area contributed by atoms with Crippen molar-refractivity contribution < 1.29 is 13.5 Å². The molecule has 72 valence electrons. The molecule has 0 N–H and O–H groups in total. The van der Waals surface area contributed by atoms with Crippen LogP contribution in [0.5, 0.6) is 5.75 Å². The minimum atomic E-state index is -2.52. The van der Waals surface area contributed by atoms with Crippen LogP contribution in [-0.2, 0) is 0 Å². The van der Waals surface area contributed by atoms with Crippen molar-refractivity contribution in [2.75, 3.05) is 7.11 Å². The zero-order chi connectivity index (χ0) is 10.0. The maximum Gasteiger partial charge on any atom is 0.280 e. The summed E-state index contributed by atoms with van der Waals surface area (Å²) in [6, 6.07) is 0. The molecule has 0 aliphatic carbocycles. The van der Waals surface area contributed by atoms with Gasteiger partial charge in [-0.3, -0.25) is 4.98 Å². The molecule has 0 atom stereocenters. The molecular weight excluding hydrogens is 176 g/mol. The van der Waals surface area contributed by atoms with E-state index in [9.17, 15) is 8.78 Å². The van der Waals surface area contributed by atoms with Gasteiger partial charge in [-0.25, -0.2) is 8.78 Å². The van der Waals surface area contributed by atoms with Crippen LogP contribution >= 0.6 is 0 Å². The first-order valence-corrected chi connectivity index (χ1v) is 3.86. The molecule has 4 heteroatoms. The number of alkyl halides is 2. The summed E-state index contributed by atoms with van der Waals surface area (Å²) in [7, 11) is 1.49. The number of methoxy groups -OCH3 is 1. The molecular formula is C9H11F2NO. The minimum absolute atomic E-state index is 0.168. The first-order chi connectivity index (χ1) is 6.07. The van der Waals surface area contributed by atoms with E-state index in [0.29, 0.717) is 16.9 Å². The molecule has 13 heavy (non-hydrogen) atoms. The first-order valence-electron chi connectivity index (χ1n) is 3.86. The number of rotatable bonds is 2. The highest BCUT2D eigenvalue weighted by atomic mass is 19.3. The van der Waals surface area contributed by atoms with Crippen LogP contribution in [-0.4, -0.2) is 12.1 Å². The van der Waals surface area contributed by atoms with Crippen LogP contribution < -0.4 is 4.74 Å². The second kappa shape index (κ2) is 3.68. The molecule has 1 aromatic rings. The molecule has 0 aliphatic rings. The molecule has 0 radical (unpaired) electrons. The third kappa shape index (κ3) is 1.76. The van der Waals surface area contributed by atoms with Crippen molar-refractivity contribution >= 4 is 0 Å². The number of pyridine rings is 1. The topological polar surface area (TPSA) is 22.1 Å². The SMILES string of the molecule is COc1cnc(C(F)F)c(C)c1C. The van der Waals surface area contributed by atoms with Crippen molar-refractivity contribution in [3.63, 3.8) is 0 Å². The third-order valence-electron chi connectivity index (χ3n) is 2.06. The standard InChI is InChI=1S/C9H11F2NO/c1-5-6(2)8(9(10)11)12-4-7(5)13-3/h4,9H,1-3H3. The number of nitrogens with zero attached hydrogens (tertiary/aromatic N) is 1. The summed E-state index contributed by atoms with van der Waals surface area (Å²) < 4.78 is 29.6. The summed E-state index contributed by atoms with van der Waals surface area (Å²) in [5, 5.41) is 0. The Labute approximate surface area is 75.6 Å². The van der Waals surface area contributed by atoms with Gasteiger partial charge in [-0.15, -0.1) is 0 Å². The highest BCUT2D eigenvalue weighted by Gasteiger charge is 2.15. The monoisotopic (exact) mass is 187 g/mol. The van der Waals surface area contributed by atoms with E-state index < -0.39 is 6.43 Å². The van der Waals surface area contributed by atoms with E-state index in [-0.39, 0.29) is 5.69 Å². The lowest BCUT2D eigenvalue weighted by atomic mass is 10.1. The van der Waals surface area contributed by atoms with Crippen LogP contribution in [0.25, 0.3) is 0 Å². The normalized spacial score (nSPS) is 10.6. The number of aromatic nitrogens is 1. The highest BCUT2D eigenvalue weighted by molar-refractivity contribution is 5.39. The summed E-state index contributed by atoms with van der Waals surface area (Å²) in [4.78, 5) is 3.63. The van der Waals surface area contributed by atoms with Crippen molar-refractivity contribution in [2.24, 2.45) is 0 Å². The fourth-order valence-corrected chi connectivity index (χ4v) is 1.12. The molecule has 0 unspecified atom stereocenters. The minimum Gasteiger partial charge on any atom is -0.495 e. The molecule has 1 heterocycles. The van der Waals surface area contributed by atoms with Crippen molar-refractivity contribution in [3.05, 3.63) is 23.0 Å². The lowest BCUT2D eigenvalue weighted by Gasteiger charge is -2.10. The first kappa shape index (κ1) is 9.89. The van der Waals surface area contributed by atoms with Crippen molar-refractivity contribution in [3.8, 4) is 5.75 Å². The molecule has 0 spiro atoms. The highest BCUT2D eigenvalue weighted by Crippen LogP contribution is 2.27. The Bertz CT molecular complexity index is 313. The summed E-state index contributed by atoms with van der Waals surface area (Å²) in [5.74, 6) is 0.543. The Balaban J connectivity index is 3.23. The van der Waals surface area contributed by atoms with Gasteiger partial charge in [-0.1, -0.05) is 0 Å². The average Bonchev–Trinajstić information content (AvgIpc) is 2.09. The van der Waals surface area contributed by atoms with Crippen LogP contribution in [0.3, 0.4) is 0 Å². The lowest BCUT2D eigenvalue weighted by molar-refractivity contribution is 0.145. The average molecular weight is 187 g/mol. The van der Waals surface area contributed by atoms with Crippen LogP contribution in [0.2, 0.25) is 0 Å². The van der Waals surface area contributed by atoms with Crippen LogP contribution in [0.15, 0.2) is 6.20 Å². The fraction of sp³-hybridized carbons (Fsp3) is 0.444. The summed E-state index contributed by atoms with van der Waals surface area (Å²) in [5.41, 5.74) is 1.04. The Morgan fingerprint density at radius 1 is 1.31 bits per heavy atom. The number of ether oxygens (including phenoxy) is 1. The largest absolute Gasteiger partial charge is 0.495 e.